The summed E-state index contributed by atoms with van der Waals surface area (Å²) in [6, 6.07) is 59.2. The molecule has 0 fully saturated rings. The van der Waals surface area contributed by atoms with Crippen LogP contribution in [0.4, 0.5) is 17.1 Å². The lowest BCUT2D eigenvalue weighted by Crippen LogP contribution is -2.10. The van der Waals surface area contributed by atoms with Crippen LogP contribution in [0, 0.1) is 0 Å². The summed E-state index contributed by atoms with van der Waals surface area (Å²) in [7, 11) is 0. The third-order valence-electron chi connectivity index (χ3n) is 8.08. The van der Waals surface area contributed by atoms with Crippen molar-refractivity contribution in [1.29, 1.82) is 0 Å². The number of anilines is 3. The topological polar surface area (TPSA) is 3.24 Å². The molecule has 0 spiro atoms. The molecule has 0 aliphatic carbocycles. The molecule has 2 heteroatoms. The van der Waals surface area contributed by atoms with E-state index in [0.717, 1.165) is 11.4 Å². The van der Waals surface area contributed by atoms with Crippen LogP contribution in [0.5, 0.6) is 0 Å². The molecule has 1 nitrogen and oxygen atoms in total. The molecule has 7 aromatic carbocycles. The molecule has 0 saturated heterocycles. The smallest absolute Gasteiger partial charge is 0.0540 e. The zero-order chi connectivity index (χ0) is 27.9. The third kappa shape index (κ3) is 4.34. The van der Waals surface area contributed by atoms with Crippen molar-refractivity contribution in [3.63, 3.8) is 0 Å². The molecule has 0 amide bonds. The minimum absolute atomic E-state index is 1.13. The van der Waals surface area contributed by atoms with Crippen molar-refractivity contribution < 1.29 is 0 Å². The van der Waals surface area contributed by atoms with E-state index in [0.29, 0.717) is 0 Å². The Morgan fingerprint density at radius 2 is 0.905 bits per heavy atom. The largest absolute Gasteiger partial charge is 0.310 e. The van der Waals surface area contributed by atoms with E-state index in [2.05, 4.69) is 169 Å². The zero-order valence-corrected chi connectivity index (χ0v) is 23.8. The highest BCUT2D eigenvalue weighted by molar-refractivity contribution is 7.25. The maximum absolute atomic E-state index is 2.40. The average molecular weight is 554 g/mol. The number of hydrogen-bond donors (Lipinski definition) is 0. The zero-order valence-electron chi connectivity index (χ0n) is 22.9. The van der Waals surface area contributed by atoms with Crippen LogP contribution in [0.15, 0.2) is 164 Å². The van der Waals surface area contributed by atoms with Crippen molar-refractivity contribution in [2.45, 2.75) is 0 Å². The number of benzene rings is 7. The Hall–Kier alpha value is -5.18. The summed E-state index contributed by atoms with van der Waals surface area (Å²) in [5.74, 6) is 0. The van der Waals surface area contributed by atoms with E-state index >= 15 is 0 Å². The van der Waals surface area contributed by atoms with E-state index in [-0.39, 0.29) is 0 Å². The van der Waals surface area contributed by atoms with Crippen LogP contribution >= 0.6 is 11.3 Å². The van der Waals surface area contributed by atoms with Crippen molar-refractivity contribution >= 4 is 59.3 Å². The summed E-state index contributed by atoms with van der Waals surface area (Å²) in [6.07, 6.45) is 0. The maximum atomic E-state index is 2.40. The van der Waals surface area contributed by atoms with Crippen molar-refractivity contribution in [2.24, 2.45) is 0 Å². The summed E-state index contributed by atoms with van der Waals surface area (Å²) in [4.78, 5) is 2.40. The fourth-order valence-corrected chi connectivity index (χ4v) is 7.06. The second-order valence-electron chi connectivity index (χ2n) is 10.6. The van der Waals surface area contributed by atoms with Gasteiger partial charge in [-0.2, -0.15) is 0 Å². The van der Waals surface area contributed by atoms with Crippen LogP contribution in [0.3, 0.4) is 0 Å². The van der Waals surface area contributed by atoms with Gasteiger partial charge >= 0.3 is 0 Å². The van der Waals surface area contributed by atoms with Gasteiger partial charge in [0.25, 0.3) is 0 Å². The van der Waals surface area contributed by atoms with Gasteiger partial charge in [0.1, 0.15) is 0 Å². The van der Waals surface area contributed by atoms with Crippen LogP contribution in [-0.2, 0) is 0 Å². The monoisotopic (exact) mass is 553 g/mol. The van der Waals surface area contributed by atoms with Gasteiger partial charge in [-0.25, -0.2) is 0 Å². The Labute approximate surface area is 249 Å². The van der Waals surface area contributed by atoms with Crippen LogP contribution in [0.1, 0.15) is 0 Å². The predicted octanol–water partition coefficient (Wildman–Crippen LogP) is 12.0. The molecule has 0 saturated carbocycles. The van der Waals surface area contributed by atoms with Gasteiger partial charge in [0.2, 0.25) is 0 Å². The van der Waals surface area contributed by atoms with Gasteiger partial charge in [0.15, 0.2) is 0 Å². The van der Waals surface area contributed by atoms with Crippen LogP contribution in [-0.4, -0.2) is 0 Å². The van der Waals surface area contributed by atoms with Gasteiger partial charge in [-0.3, -0.25) is 0 Å². The first-order valence-electron chi connectivity index (χ1n) is 14.3. The Kier molecular flexibility index (Phi) is 6.05. The number of hydrogen-bond acceptors (Lipinski definition) is 2. The van der Waals surface area contributed by atoms with Crippen molar-refractivity contribution in [3.8, 4) is 22.3 Å². The van der Waals surface area contributed by atoms with E-state index in [1.807, 2.05) is 11.3 Å². The molecular formula is C40H27NS. The molecule has 0 atom stereocenters. The van der Waals surface area contributed by atoms with Crippen LogP contribution in [0.25, 0.3) is 53.2 Å². The van der Waals surface area contributed by atoms with Crippen molar-refractivity contribution in [1.82, 2.24) is 0 Å². The van der Waals surface area contributed by atoms with Gasteiger partial charge in [-0.1, -0.05) is 121 Å². The lowest BCUT2D eigenvalue weighted by atomic mass is 10.00. The van der Waals surface area contributed by atoms with Crippen molar-refractivity contribution in [3.05, 3.63) is 164 Å². The minimum Gasteiger partial charge on any atom is -0.310 e. The van der Waals surface area contributed by atoms with E-state index in [9.17, 15) is 0 Å². The van der Waals surface area contributed by atoms with Gasteiger partial charge < -0.3 is 4.90 Å². The Morgan fingerprint density at radius 3 is 1.67 bits per heavy atom. The molecule has 0 aliphatic heterocycles. The van der Waals surface area contributed by atoms with Gasteiger partial charge in [-0.15, -0.1) is 11.3 Å². The van der Waals surface area contributed by atoms with E-state index in [4.69, 9.17) is 0 Å². The normalized spacial score (nSPS) is 11.3. The standard InChI is InChI=1S/C40H27NS/c1-2-9-28(10-3-1)29-17-19-30(20-18-29)31-21-23-33(24-22-31)41(38-15-8-12-32-11-4-5-13-35(32)38)34-25-26-40-37(27-34)36-14-6-7-16-39(36)42-40/h1-27H. The molecule has 1 heterocycles. The molecule has 0 unspecified atom stereocenters. The Morgan fingerprint density at radius 1 is 0.357 bits per heavy atom. The highest BCUT2D eigenvalue weighted by atomic mass is 32.1. The molecule has 0 N–H and O–H groups in total. The SMILES string of the molecule is c1ccc(-c2ccc(-c3ccc(N(c4ccc5sc6ccccc6c5c4)c4cccc5ccccc45)cc3)cc2)cc1. The number of nitrogens with zero attached hydrogens (tertiary/aromatic N) is 1. The molecular weight excluding hydrogens is 527 g/mol. The third-order valence-corrected chi connectivity index (χ3v) is 9.23. The summed E-state index contributed by atoms with van der Waals surface area (Å²) in [5, 5.41) is 5.08. The van der Waals surface area contributed by atoms with Gasteiger partial charge in [0.05, 0.1) is 5.69 Å². The summed E-state index contributed by atoms with van der Waals surface area (Å²) in [5.41, 5.74) is 8.35. The molecule has 1 aromatic heterocycles. The quantitative estimate of drug-likeness (QED) is 0.205. The van der Waals surface area contributed by atoms with Crippen LogP contribution in [0.2, 0.25) is 0 Å². The molecule has 0 bridgehead atoms. The van der Waals surface area contributed by atoms with E-state index < -0.39 is 0 Å². The average Bonchev–Trinajstić information content (AvgIpc) is 3.44. The molecule has 198 valence electrons. The Balaban J connectivity index is 1.24. The second kappa shape index (κ2) is 10.3. The van der Waals surface area contributed by atoms with E-state index in [1.165, 1.54) is 58.9 Å². The van der Waals surface area contributed by atoms with Gasteiger partial charge in [-0.05, 0) is 70.1 Å². The lowest BCUT2D eigenvalue weighted by Gasteiger charge is -2.27. The molecule has 8 rings (SSSR count). The number of thiophene rings is 1. The first-order chi connectivity index (χ1) is 20.8. The number of rotatable bonds is 5. The molecule has 0 aliphatic rings. The Bertz CT molecular complexity index is 2170. The van der Waals surface area contributed by atoms with Gasteiger partial charge in [0, 0.05) is 36.9 Å². The first kappa shape index (κ1) is 24.6. The molecule has 42 heavy (non-hydrogen) atoms. The maximum Gasteiger partial charge on any atom is 0.0540 e. The van der Waals surface area contributed by atoms with Crippen LogP contribution < -0.4 is 4.90 Å². The molecule has 0 radical (unpaired) electrons. The summed E-state index contributed by atoms with van der Waals surface area (Å²) >= 11 is 1.86. The molecule has 8 aromatic rings. The number of fused-ring (bicyclic) bond motifs is 4. The summed E-state index contributed by atoms with van der Waals surface area (Å²) < 4.78 is 2.64. The minimum atomic E-state index is 1.13. The highest BCUT2D eigenvalue weighted by Gasteiger charge is 2.17. The highest BCUT2D eigenvalue weighted by Crippen LogP contribution is 2.43. The second-order valence-corrected chi connectivity index (χ2v) is 11.7. The first-order valence-corrected chi connectivity index (χ1v) is 15.1. The lowest BCUT2D eigenvalue weighted by molar-refractivity contribution is 1.30. The van der Waals surface area contributed by atoms with Crippen molar-refractivity contribution in [2.75, 3.05) is 4.90 Å². The fourth-order valence-electron chi connectivity index (χ4n) is 5.97. The summed E-state index contributed by atoms with van der Waals surface area (Å²) in [6.45, 7) is 0. The fraction of sp³-hybridized carbons (Fsp3) is 0. The predicted molar refractivity (Wildman–Crippen MR) is 182 cm³/mol. The van der Waals surface area contributed by atoms with E-state index in [1.54, 1.807) is 0 Å².